The van der Waals surface area contributed by atoms with E-state index >= 15 is 0 Å². The molecule has 2 saturated heterocycles. The van der Waals surface area contributed by atoms with Crippen molar-refractivity contribution >= 4 is 23.2 Å². The zero-order chi connectivity index (χ0) is 19.3. The van der Waals surface area contributed by atoms with Crippen LogP contribution in [0.15, 0.2) is 41.4 Å². The highest BCUT2D eigenvalue weighted by Crippen LogP contribution is 2.22. The highest BCUT2D eigenvalue weighted by molar-refractivity contribution is 7.08. The van der Waals surface area contributed by atoms with Crippen LogP contribution in [-0.2, 0) is 11.3 Å². The summed E-state index contributed by atoms with van der Waals surface area (Å²) in [6, 6.07) is 5.81. The topological polar surface area (TPSA) is 56.8 Å². The first-order chi connectivity index (χ1) is 13.7. The van der Waals surface area contributed by atoms with Gasteiger partial charge in [0.2, 0.25) is 5.91 Å². The molecule has 2 fully saturated rings. The second-order valence-corrected chi connectivity index (χ2v) is 8.25. The molecule has 0 spiro atoms. The molecular weight excluding hydrogens is 372 g/mol. The standard InChI is InChI=1S/C21H26N4O2S/c26-20(18-6-13-28-16-18)23-9-11-24(12-10-23)21(27)19-5-1-2-8-25(19)15-17-4-3-7-22-14-17/h3-4,6-7,13-14,16,19H,1-2,5,8-12,15H2. The molecule has 6 nitrogen and oxygen atoms in total. The summed E-state index contributed by atoms with van der Waals surface area (Å²) in [4.78, 5) is 36.0. The monoisotopic (exact) mass is 398 g/mol. The van der Waals surface area contributed by atoms with Gasteiger partial charge in [-0.3, -0.25) is 19.5 Å². The molecule has 148 valence electrons. The van der Waals surface area contributed by atoms with Crippen molar-refractivity contribution in [2.24, 2.45) is 0 Å². The van der Waals surface area contributed by atoms with Crippen molar-refractivity contribution < 1.29 is 9.59 Å². The van der Waals surface area contributed by atoms with E-state index in [2.05, 4.69) is 16.0 Å². The Hall–Kier alpha value is -2.25. The molecule has 2 aromatic heterocycles. The maximum atomic E-state index is 13.2. The molecule has 0 N–H and O–H groups in total. The molecular formula is C21H26N4O2S. The van der Waals surface area contributed by atoms with E-state index < -0.39 is 0 Å². The van der Waals surface area contributed by atoms with Gasteiger partial charge in [-0.2, -0.15) is 11.3 Å². The summed E-state index contributed by atoms with van der Waals surface area (Å²) in [6.45, 7) is 4.16. The van der Waals surface area contributed by atoms with Crippen molar-refractivity contribution in [2.45, 2.75) is 31.8 Å². The van der Waals surface area contributed by atoms with Gasteiger partial charge < -0.3 is 9.80 Å². The van der Waals surface area contributed by atoms with Crippen LogP contribution in [0, 0.1) is 0 Å². The van der Waals surface area contributed by atoms with Gasteiger partial charge in [0.1, 0.15) is 0 Å². The van der Waals surface area contributed by atoms with Crippen LogP contribution in [0.4, 0.5) is 0 Å². The molecule has 0 aliphatic carbocycles. The lowest BCUT2D eigenvalue weighted by Gasteiger charge is -2.40. The van der Waals surface area contributed by atoms with E-state index in [9.17, 15) is 9.59 Å². The van der Waals surface area contributed by atoms with Gasteiger partial charge >= 0.3 is 0 Å². The fourth-order valence-electron chi connectivity index (χ4n) is 4.10. The first-order valence-electron chi connectivity index (χ1n) is 9.95. The maximum Gasteiger partial charge on any atom is 0.254 e. The minimum atomic E-state index is -0.0620. The molecule has 0 bridgehead atoms. The number of amides is 2. The zero-order valence-corrected chi connectivity index (χ0v) is 16.8. The molecule has 4 heterocycles. The van der Waals surface area contributed by atoms with Crippen LogP contribution >= 0.6 is 11.3 Å². The van der Waals surface area contributed by atoms with Crippen molar-refractivity contribution in [3.63, 3.8) is 0 Å². The molecule has 0 saturated carbocycles. The van der Waals surface area contributed by atoms with Crippen molar-refractivity contribution in [3.8, 4) is 0 Å². The molecule has 4 rings (SSSR count). The third-order valence-corrected chi connectivity index (χ3v) is 6.34. The smallest absolute Gasteiger partial charge is 0.254 e. The number of thiophene rings is 1. The van der Waals surface area contributed by atoms with Crippen LogP contribution in [0.1, 0.15) is 35.2 Å². The molecule has 7 heteroatoms. The van der Waals surface area contributed by atoms with Crippen LogP contribution in [0.2, 0.25) is 0 Å². The van der Waals surface area contributed by atoms with E-state index in [1.807, 2.05) is 38.9 Å². The van der Waals surface area contributed by atoms with Gasteiger partial charge in [0.05, 0.1) is 11.6 Å². The van der Waals surface area contributed by atoms with E-state index in [-0.39, 0.29) is 17.9 Å². The SMILES string of the molecule is O=C(c1ccsc1)N1CCN(C(=O)C2CCCCN2Cc2cccnc2)CC1. The van der Waals surface area contributed by atoms with E-state index in [4.69, 9.17) is 0 Å². The Labute approximate surface area is 169 Å². The van der Waals surface area contributed by atoms with Gasteiger partial charge in [-0.15, -0.1) is 0 Å². The number of aromatic nitrogens is 1. The number of pyridine rings is 1. The largest absolute Gasteiger partial charge is 0.338 e. The number of hydrogen-bond donors (Lipinski definition) is 0. The third kappa shape index (κ3) is 4.25. The summed E-state index contributed by atoms with van der Waals surface area (Å²) in [5, 5.41) is 3.81. The first kappa shape index (κ1) is 19.1. The lowest BCUT2D eigenvalue weighted by atomic mass is 9.99. The predicted molar refractivity (Wildman–Crippen MR) is 109 cm³/mol. The second kappa shape index (κ2) is 8.84. The Bertz CT molecular complexity index is 788. The number of carbonyl (C=O) groups excluding carboxylic acids is 2. The Morgan fingerprint density at radius 1 is 1.07 bits per heavy atom. The van der Waals surface area contributed by atoms with Gasteiger partial charge in [0.15, 0.2) is 0 Å². The molecule has 2 aromatic rings. The molecule has 0 aromatic carbocycles. The fourth-order valence-corrected chi connectivity index (χ4v) is 4.73. The lowest BCUT2D eigenvalue weighted by Crippen LogP contribution is -2.56. The Balaban J connectivity index is 1.36. The molecule has 0 radical (unpaired) electrons. The Kier molecular flexibility index (Phi) is 6.02. The molecule has 28 heavy (non-hydrogen) atoms. The van der Waals surface area contributed by atoms with E-state index in [0.29, 0.717) is 26.2 Å². The maximum absolute atomic E-state index is 13.2. The summed E-state index contributed by atoms with van der Waals surface area (Å²) >= 11 is 1.53. The summed E-state index contributed by atoms with van der Waals surface area (Å²) in [7, 11) is 0. The number of hydrogen-bond acceptors (Lipinski definition) is 5. The van der Waals surface area contributed by atoms with E-state index in [0.717, 1.165) is 43.5 Å². The van der Waals surface area contributed by atoms with Crippen LogP contribution in [0.5, 0.6) is 0 Å². The predicted octanol–water partition coefficient (Wildman–Crippen LogP) is 2.48. The molecule has 2 aliphatic rings. The summed E-state index contributed by atoms with van der Waals surface area (Å²) in [6.07, 6.45) is 6.79. The lowest BCUT2D eigenvalue weighted by molar-refractivity contribution is -0.140. The van der Waals surface area contributed by atoms with Crippen LogP contribution < -0.4 is 0 Å². The van der Waals surface area contributed by atoms with Gasteiger partial charge in [-0.1, -0.05) is 12.5 Å². The minimum absolute atomic E-state index is 0.0620. The van der Waals surface area contributed by atoms with Crippen molar-refractivity contribution in [1.29, 1.82) is 0 Å². The number of carbonyl (C=O) groups is 2. The van der Waals surface area contributed by atoms with Crippen LogP contribution in [0.3, 0.4) is 0 Å². The second-order valence-electron chi connectivity index (χ2n) is 7.47. The van der Waals surface area contributed by atoms with Crippen molar-refractivity contribution in [2.75, 3.05) is 32.7 Å². The quantitative estimate of drug-likeness (QED) is 0.794. The van der Waals surface area contributed by atoms with Crippen molar-refractivity contribution in [3.05, 3.63) is 52.5 Å². The zero-order valence-electron chi connectivity index (χ0n) is 16.0. The number of piperidine rings is 1. The minimum Gasteiger partial charge on any atom is -0.338 e. The molecule has 2 aliphatic heterocycles. The van der Waals surface area contributed by atoms with Gasteiger partial charge in [0.25, 0.3) is 5.91 Å². The first-order valence-corrected chi connectivity index (χ1v) is 10.9. The fraction of sp³-hybridized carbons (Fsp3) is 0.476. The average molecular weight is 399 g/mol. The third-order valence-electron chi connectivity index (χ3n) is 5.65. The van der Waals surface area contributed by atoms with Crippen LogP contribution in [-0.4, -0.2) is 70.3 Å². The highest BCUT2D eigenvalue weighted by atomic mass is 32.1. The van der Waals surface area contributed by atoms with Gasteiger partial charge in [-0.25, -0.2) is 0 Å². The number of rotatable bonds is 4. The van der Waals surface area contributed by atoms with Gasteiger partial charge in [-0.05, 0) is 42.5 Å². The summed E-state index contributed by atoms with van der Waals surface area (Å²) < 4.78 is 0. The van der Waals surface area contributed by atoms with E-state index in [1.165, 1.54) is 11.3 Å². The number of likely N-dealkylation sites (tertiary alicyclic amines) is 1. The molecule has 1 atom stereocenters. The number of nitrogens with zero attached hydrogens (tertiary/aromatic N) is 4. The van der Waals surface area contributed by atoms with Crippen molar-refractivity contribution in [1.82, 2.24) is 19.7 Å². The average Bonchev–Trinajstić information content (AvgIpc) is 3.29. The molecule has 1 unspecified atom stereocenters. The normalized spacial score (nSPS) is 20.9. The van der Waals surface area contributed by atoms with Crippen LogP contribution in [0.25, 0.3) is 0 Å². The highest BCUT2D eigenvalue weighted by Gasteiger charge is 2.34. The Morgan fingerprint density at radius 2 is 1.89 bits per heavy atom. The summed E-state index contributed by atoms with van der Waals surface area (Å²) in [5.74, 6) is 0.287. The summed E-state index contributed by atoms with van der Waals surface area (Å²) in [5.41, 5.74) is 1.90. The van der Waals surface area contributed by atoms with Gasteiger partial charge in [0, 0.05) is 50.5 Å². The van der Waals surface area contributed by atoms with E-state index in [1.54, 1.807) is 6.20 Å². The number of piperazine rings is 1. The molecule has 2 amide bonds. The Morgan fingerprint density at radius 3 is 2.61 bits per heavy atom.